The fourth-order valence-corrected chi connectivity index (χ4v) is 0.470. The van der Waals surface area contributed by atoms with Gasteiger partial charge in [0.2, 0.25) is 0 Å². The predicted octanol–water partition coefficient (Wildman–Crippen LogP) is 0.460. The summed E-state index contributed by atoms with van der Waals surface area (Å²) < 4.78 is 0. The summed E-state index contributed by atoms with van der Waals surface area (Å²) in [5, 5.41) is 2.87. The van der Waals surface area contributed by atoms with Gasteiger partial charge in [-0.3, -0.25) is 0 Å². The van der Waals surface area contributed by atoms with Gasteiger partial charge in [0, 0.05) is 18.1 Å². The number of nitrogens with two attached hydrogens (primary N) is 1. The molecular weight excluding hydrogens is 100 g/mol. The van der Waals surface area contributed by atoms with Crippen LogP contribution in [0.1, 0.15) is 0 Å². The van der Waals surface area contributed by atoms with Gasteiger partial charge in [0.1, 0.15) is 0 Å². The summed E-state index contributed by atoms with van der Waals surface area (Å²) in [6.07, 6.45) is 9.15. The van der Waals surface area contributed by atoms with Gasteiger partial charge < -0.3 is 11.1 Å². The highest BCUT2D eigenvalue weighted by molar-refractivity contribution is 5.21. The zero-order valence-electron chi connectivity index (χ0n) is 4.46. The van der Waals surface area contributed by atoms with Crippen molar-refractivity contribution in [2.45, 2.75) is 0 Å². The van der Waals surface area contributed by atoms with Crippen LogP contribution in [-0.4, -0.2) is 0 Å². The molecule has 2 nitrogen and oxygen atoms in total. The van der Waals surface area contributed by atoms with Crippen molar-refractivity contribution in [3.63, 3.8) is 0 Å². The first-order chi connectivity index (χ1) is 3.89. The molecule has 42 valence electrons. The van der Waals surface area contributed by atoms with E-state index in [-0.39, 0.29) is 0 Å². The Balaban J connectivity index is 2.69. The number of rotatable bonds is 0. The van der Waals surface area contributed by atoms with Crippen molar-refractivity contribution in [3.05, 3.63) is 36.3 Å². The third kappa shape index (κ3) is 1.15. The maximum Gasteiger partial charge on any atom is 0.0476 e. The molecule has 0 amide bonds. The van der Waals surface area contributed by atoms with Crippen LogP contribution in [0.4, 0.5) is 0 Å². The first-order valence-electron chi connectivity index (χ1n) is 2.44. The van der Waals surface area contributed by atoms with Crippen molar-refractivity contribution in [3.8, 4) is 0 Å². The van der Waals surface area contributed by atoms with Gasteiger partial charge in [-0.25, -0.2) is 0 Å². The average Bonchev–Trinajstić information content (AvgIpc) is 1.94. The molecule has 0 fully saturated rings. The summed E-state index contributed by atoms with van der Waals surface area (Å²) in [5.74, 6) is 0. The summed E-state index contributed by atoms with van der Waals surface area (Å²) in [4.78, 5) is 0. The molecule has 1 heterocycles. The lowest BCUT2D eigenvalue weighted by Crippen LogP contribution is -1.98. The van der Waals surface area contributed by atoms with Gasteiger partial charge in [0.05, 0.1) is 0 Å². The van der Waals surface area contributed by atoms with Crippen LogP contribution < -0.4 is 11.1 Å². The summed E-state index contributed by atoms with van der Waals surface area (Å²) >= 11 is 0. The maximum absolute atomic E-state index is 5.41. The van der Waals surface area contributed by atoms with Crippen molar-refractivity contribution in [1.29, 1.82) is 0 Å². The Morgan fingerprint density at radius 2 is 2.25 bits per heavy atom. The Kier molecular flexibility index (Phi) is 1.37. The van der Waals surface area contributed by atoms with Crippen LogP contribution >= 0.6 is 0 Å². The van der Waals surface area contributed by atoms with E-state index in [9.17, 15) is 0 Å². The van der Waals surface area contributed by atoms with Crippen molar-refractivity contribution in [2.24, 2.45) is 5.73 Å². The van der Waals surface area contributed by atoms with E-state index in [1.54, 1.807) is 6.20 Å². The van der Waals surface area contributed by atoms with Crippen LogP contribution in [0.2, 0.25) is 0 Å². The molecule has 0 saturated carbocycles. The minimum Gasteiger partial charge on any atom is -0.398 e. The van der Waals surface area contributed by atoms with E-state index in [0.717, 1.165) is 5.70 Å². The first-order valence-corrected chi connectivity index (χ1v) is 2.44. The van der Waals surface area contributed by atoms with Gasteiger partial charge in [-0.15, -0.1) is 0 Å². The molecule has 0 aliphatic carbocycles. The smallest absolute Gasteiger partial charge is 0.0476 e. The highest BCUT2D eigenvalue weighted by Crippen LogP contribution is 1.88. The third-order valence-corrected chi connectivity index (χ3v) is 0.842. The molecule has 0 spiro atoms. The zero-order valence-corrected chi connectivity index (χ0v) is 4.46. The fraction of sp³-hybridized carbons (Fsp3) is 0. The summed E-state index contributed by atoms with van der Waals surface area (Å²) in [6, 6.07) is 0. The summed E-state index contributed by atoms with van der Waals surface area (Å²) in [5.41, 5.74) is 6.15. The Labute approximate surface area is 48.4 Å². The average molecular weight is 108 g/mol. The molecule has 0 aromatic carbocycles. The van der Waals surface area contributed by atoms with Crippen LogP contribution in [-0.2, 0) is 0 Å². The highest BCUT2D eigenvalue weighted by Gasteiger charge is 1.80. The van der Waals surface area contributed by atoms with Crippen LogP contribution in [0.25, 0.3) is 0 Å². The van der Waals surface area contributed by atoms with Crippen molar-refractivity contribution >= 4 is 0 Å². The molecule has 3 N–H and O–H groups in total. The molecule has 1 rings (SSSR count). The topological polar surface area (TPSA) is 38.0 Å². The van der Waals surface area contributed by atoms with Gasteiger partial charge in [-0.05, 0) is 12.2 Å². The second-order valence-electron chi connectivity index (χ2n) is 1.53. The largest absolute Gasteiger partial charge is 0.398 e. The lowest BCUT2D eigenvalue weighted by Gasteiger charge is -1.87. The minimum absolute atomic E-state index is 0.745. The van der Waals surface area contributed by atoms with E-state index >= 15 is 0 Å². The number of allylic oxidation sites excluding steroid dienone is 3. The Morgan fingerprint density at radius 3 is 3.12 bits per heavy atom. The monoisotopic (exact) mass is 108 g/mol. The number of nitrogens with one attached hydrogen (secondary N) is 1. The second kappa shape index (κ2) is 2.21. The Hall–Kier alpha value is -1.18. The lowest BCUT2D eigenvalue weighted by molar-refractivity contribution is 1.17. The fourth-order valence-electron chi connectivity index (χ4n) is 0.470. The van der Waals surface area contributed by atoms with Crippen LogP contribution in [0, 0.1) is 0 Å². The standard InChI is InChI=1S/C6H8N2/c7-6-3-1-2-4-8-5-6/h1-5,8H,7H2. The van der Waals surface area contributed by atoms with E-state index in [1.807, 2.05) is 24.4 Å². The predicted molar refractivity (Wildman–Crippen MR) is 33.7 cm³/mol. The molecule has 8 heavy (non-hydrogen) atoms. The van der Waals surface area contributed by atoms with E-state index in [4.69, 9.17) is 5.73 Å². The first kappa shape index (κ1) is 4.97. The Bertz CT molecular complexity index is 151. The van der Waals surface area contributed by atoms with Crippen molar-refractivity contribution in [1.82, 2.24) is 5.32 Å². The van der Waals surface area contributed by atoms with E-state index in [0.29, 0.717) is 0 Å². The van der Waals surface area contributed by atoms with E-state index in [1.165, 1.54) is 0 Å². The van der Waals surface area contributed by atoms with Crippen molar-refractivity contribution < 1.29 is 0 Å². The van der Waals surface area contributed by atoms with Gasteiger partial charge in [0.25, 0.3) is 0 Å². The quantitative estimate of drug-likeness (QED) is 0.473. The molecule has 0 bridgehead atoms. The molecule has 0 unspecified atom stereocenters. The molecule has 0 aromatic heterocycles. The van der Waals surface area contributed by atoms with E-state index < -0.39 is 0 Å². The van der Waals surface area contributed by atoms with Gasteiger partial charge >= 0.3 is 0 Å². The molecule has 0 saturated heterocycles. The summed E-state index contributed by atoms with van der Waals surface area (Å²) in [7, 11) is 0. The lowest BCUT2D eigenvalue weighted by atomic mass is 10.4. The molecule has 1 aliphatic heterocycles. The molecular formula is C6H8N2. The second-order valence-corrected chi connectivity index (χ2v) is 1.53. The molecule has 0 radical (unpaired) electrons. The zero-order chi connectivity index (χ0) is 5.82. The van der Waals surface area contributed by atoms with Crippen LogP contribution in [0.5, 0.6) is 0 Å². The molecule has 1 aliphatic rings. The van der Waals surface area contributed by atoms with Crippen molar-refractivity contribution in [2.75, 3.05) is 0 Å². The van der Waals surface area contributed by atoms with E-state index in [2.05, 4.69) is 5.32 Å². The molecule has 0 atom stereocenters. The highest BCUT2D eigenvalue weighted by atomic mass is 14.8. The Morgan fingerprint density at radius 1 is 1.38 bits per heavy atom. The number of hydrogen-bond donors (Lipinski definition) is 2. The normalized spacial score (nSPS) is 16.8. The maximum atomic E-state index is 5.41. The minimum atomic E-state index is 0.745. The van der Waals surface area contributed by atoms with Crippen LogP contribution in [0.15, 0.2) is 36.3 Å². The van der Waals surface area contributed by atoms with Gasteiger partial charge in [-0.2, -0.15) is 0 Å². The molecule has 2 heteroatoms. The third-order valence-electron chi connectivity index (χ3n) is 0.842. The SMILES string of the molecule is NC1=CNC=CC=C1. The summed E-state index contributed by atoms with van der Waals surface area (Å²) in [6.45, 7) is 0. The van der Waals surface area contributed by atoms with Gasteiger partial charge in [0.15, 0.2) is 0 Å². The molecule has 0 aromatic rings. The van der Waals surface area contributed by atoms with Crippen LogP contribution in [0.3, 0.4) is 0 Å². The van der Waals surface area contributed by atoms with Gasteiger partial charge in [-0.1, -0.05) is 6.08 Å². The number of hydrogen-bond acceptors (Lipinski definition) is 2.